The quantitative estimate of drug-likeness (QED) is 0.153. The summed E-state index contributed by atoms with van der Waals surface area (Å²) in [6, 6.07) is 52.3. The van der Waals surface area contributed by atoms with E-state index in [2.05, 4.69) is 166 Å². The Hall–Kier alpha value is -5.63. The van der Waals surface area contributed by atoms with Crippen LogP contribution in [0.3, 0.4) is 0 Å². The summed E-state index contributed by atoms with van der Waals surface area (Å²) < 4.78 is 2.55. The Morgan fingerprint density at radius 1 is 0.390 bits per heavy atom. The van der Waals surface area contributed by atoms with E-state index < -0.39 is 0 Å². The zero-order valence-corrected chi connectivity index (χ0v) is 37.1. The van der Waals surface area contributed by atoms with Gasteiger partial charge in [-0.1, -0.05) is 56.3 Å². The van der Waals surface area contributed by atoms with Crippen LogP contribution in [0.15, 0.2) is 146 Å². The lowest BCUT2D eigenvalue weighted by atomic mass is 9.86. The summed E-state index contributed by atoms with van der Waals surface area (Å²) in [4.78, 5) is 15.5. The Morgan fingerprint density at radius 3 is 1.12 bits per heavy atom. The third-order valence-corrected chi connectivity index (χ3v) is 15.2. The van der Waals surface area contributed by atoms with Crippen LogP contribution in [0.4, 0.5) is 0 Å². The van der Waals surface area contributed by atoms with Crippen LogP contribution in [-0.2, 0) is 0 Å². The van der Waals surface area contributed by atoms with Gasteiger partial charge in [-0.15, -0.1) is 45.3 Å². The lowest BCUT2D eigenvalue weighted by Crippen LogP contribution is -2.01. The molecule has 2 nitrogen and oxygen atoms in total. The van der Waals surface area contributed by atoms with E-state index in [1.165, 1.54) is 110 Å². The Morgan fingerprint density at radius 2 is 0.763 bits per heavy atom. The van der Waals surface area contributed by atoms with Crippen molar-refractivity contribution in [1.82, 2.24) is 9.55 Å². The number of rotatable bonds is 6. The molecular formula is C53H42N2S4. The van der Waals surface area contributed by atoms with Gasteiger partial charge in [-0.05, 0) is 136 Å². The maximum Gasteiger partial charge on any atom is 0.0714 e. The summed E-state index contributed by atoms with van der Waals surface area (Å²) in [7, 11) is 0. The van der Waals surface area contributed by atoms with E-state index in [0.717, 1.165) is 11.3 Å². The molecule has 6 heteroatoms. The van der Waals surface area contributed by atoms with Crippen molar-refractivity contribution >= 4 is 88.7 Å². The predicted molar refractivity (Wildman–Crippen MR) is 263 cm³/mol. The van der Waals surface area contributed by atoms with Crippen molar-refractivity contribution in [3.8, 4) is 58.7 Å². The minimum absolute atomic E-state index is 0.974. The van der Waals surface area contributed by atoms with E-state index in [9.17, 15) is 0 Å². The third-order valence-electron chi connectivity index (χ3n) is 11.1. The molecule has 11 rings (SSSR count). The first-order chi connectivity index (χ1) is 28.9. The van der Waals surface area contributed by atoms with Crippen LogP contribution in [0.2, 0.25) is 0 Å². The molecule has 11 aromatic rings. The van der Waals surface area contributed by atoms with E-state index in [1.807, 2.05) is 71.5 Å². The van der Waals surface area contributed by atoms with Gasteiger partial charge in [-0.2, -0.15) is 0 Å². The molecule has 5 aromatic carbocycles. The minimum atomic E-state index is 0.974. The summed E-state index contributed by atoms with van der Waals surface area (Å²) in [6.07, 6.45) is 1.94. The topological polar surface area (TPSA) is 17.8 Å². The molecule has 288 valence electrons. The van der Waals surface area contributed by atoms with Gasteiger partial charge in [0.1, 0.15) is 0 Å². The van der Waals surface area contributed by atoms with Crippen LogP contribution < -0.4 is 0 Å². The van der Waals surface area contributed by atoms with Gasteiger partial charge in [0, 0.05) is 94.6 Å². The minimum Gasteiger partial charge on any atom is -0.308 e. The fourth-order valence-corrected chi connectivity index (χ4v) is 12.2. The zero-order chi connectivity index (χ0) is 40.4. The van der Waals surface area contributed by atoms with Crippen LogP contribution in [0.5, 0.6) is 0 Å². The normalized spacial score (nSPS) is 11.6. The largest absolute Gasteiger partial charge is 0.308 e. The molecule has 0 atom stereocenters. The highest BCUT2D eigenvalue weighted by Crippen LogP contribution is 2.51. The molecule has 0 spiro atoms. The smallest absolute Gasteiger partial charge is 0.0714 e. The van der Waals surface area contributed by atoms with Crippen LogP contribution in [0, 0.1) is 27.7 Å². The van der Waals surface area contributed by atoms with E-state index in [0.29, 0.717) is 0 Å². The molecule has 0 saturated carbocycles. The second kappa shape index (κ2) is 15.2. The van der Waals surface area contributed by atoms with Crippen molar-refractivity contribution < 1.29 is 0 Å². The monoisotopic (exact) mass is 834 g/mol. The Labute approximate surface area is 361 Å². The van der Waals surface area contributed by atoms with Crippen LogP contribution in [0.1, 0.15) is 33.4 Å². The van der Waals surface area contributed by atoms with Gasteiger partial charge in [0.2, 0.25) is 0 Å². The maximum atomic E-state index is 5.12. The van der Waals surface area contributed by atoms with Crippen molar-refractivity contribution in [2.24, 2.45) is 0 Å². The molecule has 0 fully saturated rings. The molecular weight excluding hydrogens is 793 g/mol. The van der Waals surface area contributed by atoms with Gasteiger partial charge < -0.3 is 4.57 Å². The standard InChI is InChI=1S/C51H36N2S4.C2H6/c1-29-16-20-46(54-29)35-25-39-41(27-37(35)48-22-18-31(3)56-48)51(53-44-14-7-5-11-33(44)34-12-6-8-15-45(34)53)42-28-38(49-23-19-32(4)57-49)36(47-21-17-30(2)55-47)26-40(42)50(39)43-13-9-10-24-52-43;1-2/h5-28H,1-4H3;1-2H3. The van der Waals surface area contributed by atoms with Crippen molar-refractivity contribution in [2.75, 3.05) is 0 Å². The molecule has 0 saturated heterocycles. The third kappa shape index (κ3) is 6.37. The number of thiophene rings is 4. The highest BCUT2D eigenvalue weighted by Gasteiger charge is 2.26. The highest BCUT2D eigenvalue weighted by atomic mass is 32.1. The average Bonchev–Trinajstić information content (AvgIpc) is 4.13. The number of aromatic nitrogens is 2. The maximum absolute atomic E-state index is 5.12. The molecule has 59 heavy (non-hydrogen) atoms. The number of hydrogen-bond acceptors (Lipinski definition) is 5. The van der Waals surface area contributed by atoms with Crippen molar-refractivity contribution in [3.05, 3.63) is 165 Å². The van der Waals surface area contributed by atoms with E-state index >= 15 is 0 Å². The molecule has 0 amide bonds. The van der Waals surface area contributed by atoms with E-state index in [1.54, 1.807) is 0 Å². The van der Waals surface area contributed by atoms with Crippen molar-refractivity contribution in [3.63, 3.8) is 0 Å². The van der Waals surface area contributed by atoms with Crippen molar-refractivity contribution in [1.29, 1.82) is 0 Å². The summed E-state index contributed by atoms with van der Waals surface area (Å²) in [5.41, 5.74) is 10.8. The summed E-state index contributed by atoms with van der Waals surface area (Å²) >= 11 is 7.47. The highest BCUT2D eigenvalue weighted by molar-refractivity contribution is 7.17. The second-order valence-corrected chi connectivity index (χ2v) is 20.0. The number of benzene rings is 5. The molecule has 0 N–H and O–H groups in total. The number of aryl methyl sites for hydroxylation is 4. The number of para-hydroxylation sites is 2. The summed E-state index contributed by atoms with van der Waals surface area (Å²) in [6.45, 7) is 12.8. The number of hydrogen-bond donors (Lipinski definition) is 0. The fourth-order valence-electron chi connectivity index (χ4n) is 8.62. The molecule has 6 heterocycles. The van der Waals surface area contributed by atoms with Gasteiger partial charge in [0.15, 0.2) is 0 Å². The number of nitrogens with zero attached hydrogens (tertiary/aromatic N) is 2. The average molecular weight is 835 g/mol. The summed E-state index contributed by atoms with van der Waals surface area (Å²) in [5.74, 6) is 0. The second-order valence-electron chi connectivity index (χ2n) is 14.8. The van der Waals surface area contributed by atoms with Gasteiger partial charge in [0.25, 0.3) is 0 Å². The summed E-state index contributed by atoms with van der Waals surface area (Å²) in [5, 5.41) is 7.32. The SMILES string of the molecule is CC.Cc1ccc(-c2cc3c(-c4ccccn4)c4cc(-c5ccc(C)s5)c(-c5ccc(C)s5)cc4c(-n4c5ccccc5c5ccccc54)c3cc2-c2ccc(C)s2)s1. The van der Waals surface area contributed by atoms with Crippen LogP contribution >= 0.6 is 45.3 Å². The molecule has 0 aliphatic heterocycles. The van der Waals surface area contributed by atoms with E-state index in [-0.39, 0.29) is 0 Å². The molecule has 0 unspecified atom stereocenters. The first kappa shape index (κ1) is 37.6. The van der Waals surface area contributed by atoms with Crippen LogP contribution in [-0.4, -0.2) is 9.55 Å². The van der Waals surface area contributed by atoms with Gasteiger partial charge in [0.05, 0.1) is 22.4 Å². The Kier molecular flexibility index (Phi) is 9.69. The van der Waals surface area contributed by atoms with Gasteiger partial charge >= 0.3 is 0 Å². The molecule has 0 radical (unpaired) electrons. The van der Waals surface area contributed by atoms with Crippen molar-refractivity contribution in [2.45, 2.75) is 41.5 Å². The Bertz CT molecular complexity index is 3150. The first-order valence-electron chi connectivity index (χ1n) is 20.2. The lowest BCUT2D eigenvalue weighted by Gasteiger charge is -2.23. The predicted octanol–water partition coefficient (Wildman–Crippen LogP) is 17.3. The van der Waals surface area contributed by atoms with Gasteiger partial charge in [-0.25, -0.2) is 0 Å². The lowest BCUT2D eigenvalue weighted by molar-refractivity contribution is 1.21. The van der Waals surface area contributed by atoms with Gasteiger partial charge in [-0.3, -0.25) is 4.98 Å². The molecule has 6 aromatic heterocycles. The number of fused-ring (bicyclic) bond motifs is 5. The number of pyridine rings is 1. The molecule has 0 aliphatic carbocycles. The first-order valence-corrected chi connectivity index (χ1v) is 23.4. The van der Waals surface area contributed by atoms with E-state index in [4.69, 9.17) is 4.98 Å². The zero-order valence-electron chi connectivity index (χ0n) is 33.9. The molecule has 0 bridgehead atoms. The van der Waals surface area contributed by atoms with Crippen LogP contribution in [0.25, 0.3) is 102 Å². The Balaban J connectivity index is 0.00000207. The molecule has 0 aliphatic rings. The fraction of sp³-hybridized carbons (Fsp3) is 0.113.